The first-order chi connectivity index (χ1) is 26.3. The van der Waals surface area contributed by atoms with Crippen molar-refractivity contribution >= 4 is 43.1 Å². The highest BCUT2D eigenvalue weighted by molar-refractivity contribution is 7.21. The topological polar surface area (TPSA) is 12.9 Å². The van der Waals surface area contributed by atoms with E-state index in [9.17, 15) is 0 Å². The first-order valence-corrected chi connectivity index (χ1v) is 18.9. The van der Waals surface area contributed by atoms with E-state index in [4.69, 9.17) is 4.98 Å². The molecule has 10 rings (SSSR count). The summed E-state index contributed by atoms with van der Waals surface area (Å²) in [4.78, 5) is 5.08. The third kappa shape index (κ3) is 5.70. The molecule has 1 nitrogen and oxygen atoms in total. The Labute approximate surface area is 313 Å². The number of hydrogen-bond donors (Lipinski definition) is 0. The van der Waals surface area contributed by atoms with Crippen LogP contribution < -0.4 is 0 Å². The Morgan fingerprint density at radius 1 is 0.283 bits per heavy atom. The minimum Gasteiger partial charge on any atom is -0.236 e. The molecule has 0 aliphatic rings. The molecule has 0 aliphatic carbocycles. The van der Waals surface area contributed by atoms with Crippen LogP contribution in [0.3, 0.4) is 0 Å². The predicted octanol–water partition coefficient (Wildman–Crippen LogP) is 14.6. The molecule has 2 heteroatoms. The smallest absolute Gasteiger partial charge is 0.124 e. The first-order valence-electron chi connectivity index (χ1n) is 18.0. The fraction of sp³-hybridized carbons (Fsp3) is 0. The van der Waals surface area contributed by atoms with Crippen LogP contribution in [0.25, 0.3) is 98.0 Å². The summed E-state index contributed by atoms with van der Waals surface area (Å²) in [7, 11) is 0. The number of rotatable bonds is 6. The Bertz CT molecular complexity index is 2910. The SMILES string of the molecule is c1ccc(-c2ccc(-c3c4ccccc4c(-c4cccc(-c5ccccc5)c4)c4ccc(-c5ccc6sc(-c7ccccc7)nc6c5)cc34)cc2)cc1. The second-order valence-electron chi connectivity index (χ2n) is 13.5. The fourth-order valence-corrected chi connectivity index (χ4v) is 8.69. The Hall–Kier alpha value is -6.61. The van der Waals surface area contributed by atoms with E-state index in [-0.39, 0.29) is 0 Å². The molecule has 1 heterocycles. The first kappa shape index (κ1) is 31.2. The lowest BCUT2D eigenvalue weighted by atomic mass is 9.84. The van der Waals surface area contributed by atoms with E-state index in [0.717, 1.165) is 21.7 Å². The highest BCUT2D eigenvalue weighted by Crippen LogP contribution is 2.46. The summed E-state index contributed by atoms with van der Waals surface area (Å²) in [5, 5.41) is 6.01. The molecule has 9 aromatic carbocycles. The summed E-state index contributed by atoms with van der Waals surface area (Å²) in [5.74, 6) is 0. The van der Waals surface area contributed by atoms with Crippen molar-refractivity contribution in [1.82, 2.24) is 4.98 Å². The quantitative estimate of drug-likeness (QED) is 0.158. The summed E-state index contributed by atoms with van der Waals surface area (Å²) in [6.07, 6.45) is 0. The maximum absolute atomic E-state index is 5.08. The van der Waals surface area contributed by atoms with Crippen molar-refractivity contribution in [3.63, 3.8) is 0 Å². The zero-order valence-electron chi connectivity index (χ0n) is 28.9. The second-order valence-corrected chi connectivity index (χ2v) is 14.5. The zero-order valence-corrected chi connectivity index (χ0v) is 29.7. The lowest BCUT2D eigenvalue weighted by Crippen LogP contribution is -1.92. The molecule has 0 N–H and O–H groups in total. The number of thiazole rings is 1. The molecule has 0 aliphatic heterocycles. The van der Waals surface area contributed by atoms with Crippen molar-refractivity contribution in [1.29, 1.82) is 0 Å². The average Bonchev–Trinajstić information content (AvgIpc) is 3.68. The van der Waals surface area contributed by atoms with Crippen LogP contribution in [0.5, 0.6) is 0 Å². The van der Waals surface area contributed by atoms with Gasteiger partial charge in [0.15, 0.2) is 0 Å². The molecular formula is C51H33NS. The standard InChI is InChI=1S/C51H33NS/c1-4-13-34(14-5-1)36-23-25-37(26-24-36)49-43-21-10-11-22-44(43)50(42-20-12-19-39(31-42)35-15-6-2-7-16-35)45-29-27-40(32-46(45)49)41-28-30-48-47(33-41)52-51(53-48)38-17-8-3-9-18-38/h1-33H. The molecule has 10 aromatic rings. The minimum atomic E-state index is 1.03. The Morgan fingerprint density at radius 2 is 0.736 bits per heavy atom. The molecule has 0 saturated heterocycles. The van der Waals surface area contributed by atoms with Gasteiger partial charge >= 0.3 is 0 Å². The van der Waals surface area contributed by atoms with E-state index in [2.05, 4.69) is 200 Å². The molecule has 0 amide bonds. The number of fused-ring (bicyclic) bond motifs is 3. The summed E-state index contributed by atoms with van der Waals surface area (Å²) in [5.41, 5.74) is 14.3. The molecule has 0 saturated carbocycles. The fourth-order valence-electron chi connectivity index (χ4n) is 7.74. The summed E-state index contributed by atoms with van der Waals surface area (Å²) >= 11 is 1.75. The normalized spacial score (nSPS) is 11.4. The Kier molecular flexibility index (Phi) is 7.74. The predicted molar refractivity (Wildman–Crippen MR) is 227 cm³/mol. The van der Waals surface area contributed by atoms with Crippen molar-refractivity contribution in [2.75, 3.05) is 0 Å². The highest BCUT2D eigenvalue weighted by atomic mass is 32.1. The van der Waals surface area contributed by atoms with Gasteiger partial charge in [-0.2, -0.15) is 0 Å². The molecule has 248 valence electrons. The van der Waals surface area contributed by atoms with E-state index >= 15 is 0 Å². The van der Waals surface area contributed by atoms with Gasteiger partial charge in [-0.3, -0.25) is 0 Å². The van der Waals surface area contributed by atoms with Crippen LogP contribution in [0.4, 0.5) is 0 Å². The van der Waals surface area contributed by atoms with E-state index < -0.39 is 0 Å². The lowest BCUT2D eigenvalue weighted by molar-refractivity contribution is 1.48. The van der Waals surface area contributed by atoms with Gasteiger partial charge in [0, 0.05) is 5.56 Å². The van der Waals surface area contributed by atoms with Crippen molar-refractivity contribution in [3.8, 4) is 66.2 Å². The zero-order chi connectivity index (χ0) is 35.1. The van der Waals surface area contributed by atoms with Gasteiger partial charge in [0.2, 0.25) is 0 Å². The summed E-state index contributed by atoms with van der Waals surface area (Å²) in [6.45, 7) is 0. The van der Waals surface area contributed by atoms with Crippen LogP contribution in [-0.4, -0.2) is 4.98 Å². The van der Waals surface area contributed by atoms with E-state index in [1.165, 1.54) is 76.3 Å². The number of nitrogens with zero attached hydrogens (tertiary/aromatic N) is 1. The number of benzene rings is 9. The molecule has 0 unspecified atom stereocenters. The molecule has 0 bridgehead atoms. The Balaban J connectivity index is 1.20. The van der Waals surface area contributed by atoms with Crippen LogP contribution in [0.2, 0.25) is 0 Å². The van der Waals surface area contributed by atoms with Crippen molar-refractivity contribution < 1.29 is 0 Å². The van der Waals surface area contributed by atoms with E-state index in [1.807, 2.05) is 0 Å². The van der Waals surface area contributed by atoms with Gasteiger partial charge in [0.25, 0.3) is 0 Å². The van der Waals surface area contributed by atoms with Gasteiger partial charge in [0.1, 0.15) is 5.01 Å². The third-order valence-electron chi connectivity index (χ3n) is 10.3. The molecule has 0 spiro atoms. The van der Waals surface area contributed by atoms with Crippen LogP contribution >= 0.6 is 11.3 Å². The van der Waals surface area contributed by atoms with Crippen molar-refractivity contribution in [2.45, 2.75) is 0 Å². The molecule has 0 radical (unpaired) electrons. The maximum atomic E-state index is 5.08. The monoisotopic (exact) mass is 691 g/mol. The minimum absolute atomic E-state index is 1.03. The average molecular weight is 692 g/mol. The molecule has 0 fully saturated rings. The maximum Gasteiger partial charge on any atom is 0.124 e. The highest BCUT2D eigenvalue weighted by Gasteiger charge is 2.18. The van der Waals surface area contributed by atoms with Crippen LogP contribution in [0.1, 0.15) is 0 Å². The molecule has 1 aromatic heterocycles. The largest absolute Gasteiger partial charge is 0.236 e. The van der Waals surface area contributed by atoms with Crippen LogP contribution in [-0.2, 0) is 0 Å². The van der Waals surface area contributed by atoms with Crippen molar-refractivity contribution in [2.24, 2.45) is 0 Å². The van der Waals surface area contributed by atoms with Gasteiger partial charge in [-0.05, 0) is 101 Å². The van der Waals surface area contributed by atoms with Crippen molar-refractivity contribution in [3.05, 3.63) is 200 Å². The number of aromatic nitrogens is 1. The summed E-state index contributed by atoms with van der Waals surface area (Å²) < 4.78 is 1.19. The second kappa shape index (κ2) is 13.2. The molecular weight excluding hydrogens is 659 g/mol. The third-order valence-corrected chi connectivity index (χ3v) is 11.4. The lowest BCUT2D eigenvalue weighted by Gasteiger charge is -2.19. The number of hydrogen-bond acceptors (Lipinski definition) is 2. The van der Waals surface area contributed by atoms with E-state index in [0.29, 0.717) is 0 Å². The van der Waals surface area contributed by atoms with Gasteiger partial charge in [-0.25, -0.2) is 4.98 Å². The van der Waals surface area contributed by atoms with Gasteiger partial charge in [-0.15, -0.1) is 11.3 Å². The van der Waals surface area contributed by atoms with Crippen LogP contribution in [0.15, 0.2) is 200 Å². The van der Waals surface area contributed by atoms with Gasteiger partial charge < -0.3 is 0 Å². The van der Waals surface area contributed by atoms with Gasteiger partial charge in [-0.1, -0.05) is 176 Å². The molecule has 0 atom stereocenters. The van der Waals surface area contributed by atoms with Crippen LogP contribution in [0, 0.1) is 0 Å². The van der Waals surface area contributed by atoms with E-state index in [1.54, 1.807) is 11.3 Å². The Morgan fingerprint density at radius 3 is 1.43 bits per heavy atom. The molecule has 53 heavy (non-hydrogen) atoms. The van der Waals surface area contributed by atoms with Gasteiger partial charge in [0.05, 0.1) is 10.2 Å². The summed E-state index contributed by atoms with van der Waals surface area (Å²) in [6, 6.07) is 72.5.